The molecule has 0 aliphatic heterocycles. The van der Waals surface area contributed by atoms with Crippen LogP contribution in [0.15, 0.2) is 53.4 Å². The Hall–Kier alpha value is -2.38. The van der Waals surface area contributed by atoms with Gasteiger partial charge in [0.05, 0.1) is 17.8 Å². The second kappa shape index (κ2) is 9.53. The first-order chi connectivity index (χ1) is 12.9. The lowest BCUT2D eigenvalue weighted by molar-refractivity contribution is -0.118. The van der Waals surface area contributed by atoms with Crippen molar-refractivity contribution in [2.75, 3.05) is 24.7 Å². The van der Waals surface area contributed by atoms with Crippen molar-refractivity contribution in [3.05, 3.63) is 54.1 Å². The van der Waals surface area contributed by atoms with E-state index in [1.165, 1.54) is 19.2 Å². The summed E-state index contributed by atoms with van der Waals surface area (Å²) in [4.78, 5) is 12.7. The van der Waals surface area contributed by atoms with Gasteiger partial charge in [0.2, 0.25) is 5.91 Å². The second-order valence-electron chi connectivity index (χ2n) is 6.28. The molecule has 0 saturated carbocycles. The van der Waals surface area contributed by atoms with Gasteiger partial charge in [-0.15, -0.1) is 0 Å². The van der Waals surface area contributed by atoms with Crippen LogP contribution in [0.2, 0.25) is 0 Å². The van der Waals surface area contributed by atoms with Crippen LogP contribution in [0.1, 0.15) is 19.4 Å². The minimum absolute atomic E-state index is 0.176. The highest BCUT2D eigenvalue weighted by Crippen LogP contribution is 2.20. The Morgan fingerprint density at radius 1 is 1.11 bits per heavy atom. The third kappa shape index (κ3) is 5.80. The highest BCUT2D eigenvalue weighted by molar-refractivity contribution is 7.91. The molecule has 1 amide bonds. The van der Waals surface area contributed by atoms with E-state index in [9.17, 15) is 13.2 Å². The van der Waals surface area contributed by atoms with Crippen molar-refractivity contribution in [3.8, 4) is 5.75 Å². The zero-order chi connectivity index (χ0) is 19.9. The maximum absolute atomic E-state index is 12.6. The topological polar surface area (TPSA) is 84.5 Å². The molecule has 2 aromatic carbocycles. The van der Waals surface area contributed by atoms with Crippen molar-refractivity contribution in [2.45, 2.75) is 25.3 Å². The zero-order valence-corrected chi connectivity index (χ0v) is 16.7. The summed E-state index contributed by atoms with van der Waals surface area (Å²) >= 11 is 0. The molecule has 2 aromatic rings. The van der Waals surface area contributed by atoms with E-state index in [4.69, 9.17) is 4.74 Å². The third-order valence-corrected chi connectivity index (χ3v) is 6.11. The van der Waals surface area contributed by atoms with E-state index in [0.717, 1.165) is 12.1 Å². The fraction of sp³-hybridized carbons (Fsp3) is 0.350. The van der Waals surface area contributed by atoms with Crippen LogP contribution in [0.25, 0.3) is 0 Å². The molecular formula is C20H26N2O4S. The third-order valence-electron chi connectivity index (χ3n) is 4.18. The summed E-state index contributed by atoms with van der Waals surface area (Å²) in [5.74, 6) is -0.696. The number of carbonyl (C=O) groups is 1. The molecule has 2 rings (SSSR count). The van der Waals surface area contributed by atoms with E-state index >= 15 is 0 Å². The SMILES string of the molecule is CCNCc1ccccc1NC(=O)C(C)CS(=O)(=O)c1ccc(OC)cc1. The van der Waals surface area contributed by atoms with Gasteiger partial charge >= 0.3 is 0 Å². The van der Waals surface area contributed by atoms with Gasteiger partial charge in [0.25, 0.3) is 0 Å². The molecule has 0 aliphatic rings. The van der Waals surface area contributed by atoms with E-state index in [1.54, 1.807) is 19.1 Å². The summed E-state index contributed by atoms with van der Waals surface area (Å²) in [5.41, 5.74) is 1.65. The summed E-state index contributed by atoms with van der Waals surface area (Å²) in [6, 6.07) is 13.6. The highest BCUT2D eigenvalue weighted by atomic mass is 32.2. The summed E-state index contributed by atoms with van der Waals surface area (Å²) in [5, 5.41) is 6.07. The van der Waals surface area contributed by atoms with Crippen molar-refractivity contribution in [1.82, 2.24) is 5.32 Å². The van der Waals surface area contributed by atoms with E-state index in [2.05, 4.69) is 10.6 Å². The maximum Gasteiger partial charge on any atom is 0.228 e. The van der Waals surface area contributed by atoms with Crippen LogP contribution < -0.4 is 15.4 Å². The summed E-state index contributed by atoms with van der Waals surface area (Å²) in [6.07, 6.45) is 0. The Bertz CT molecular complexity index is 864. The number of benzene rings is 2. The molecule has 1 unspecified atom stereocenters. The van der Waals surface area contributed by atoms with Gasteiger partial charge in [-0.05, 0) is 42.4 Å². The standard InChI is InChI=1S/C20H26N2O4S/c1-4-21-13-16-7-5-6-8-19(16)22-20(23)15(2)14-27(24,25)18-11-9-17(26-3)10-12-18/h5-12,15,21H,4,13-14H2,1-3H3,(H,22,23). The number of hydrogen-bond acceptors (Lipinski definition) is 5. The van der Waals surface area contributed by atoms with Gasteiger partial charge in [-0.25, -0.2) is 8.42 Å². The Morgan fingerprint density at radius 3 is 2.41 bits per heavy atom. The zero-order valence-electron chi connectivity index (χ0n) is 15.9. The number of sulfone groups is 1. The molecule has 0 heterocycles. The first-order valence-corrected chi connectivity index (χ1v) is 10.5. The van der Waals surface area contributed by atoms with Crippen molar-refractivity contribution < 1.29 is 17.9 Å². The summed E-state index contributed by atoms with van der Waals surface area (Å²) in [6.45, 7) is 5.07. The lowest BCUT2D eigenvalue weighted by atomic mass is 10.1. The first kappa shape index (κ1) is 20.9. The van der Waals surface area contributed by atoms with Crippen LogP contribution >= 0.6 is 0 Å². The molecule has 0 bridgehead atoms. The molecule has 0 aliphatic carbocycles. The Kier molecular flexibility index (Phi) is 7.38. The van der Waals surface area contributed by atoms with Gasteiger partial charge in [-0.2, -0.15) is 0 Å². The molecule has 1 atom stereocenters. The van der Waals surface area contributed by atoms with Gasteiger partial charge < -0.3 is 15.4 Å². The normalized spacial score (nSPS) is 12.4. The highest BCUT2D eigenvalue weighted by Gasteiger charge is 2.24. The molecule has 146 valence electrons. The average Bonchev–Trinajstić information content (AvgIpc) is 2.67. The van der Waals surface area contributed by atoms with Crippen LogP contribution in [0.3, 0.4) is 0 Å². The largest absolute Gasteiger partial charge is 0.497 e. The van der Waals surface area contributed by atoms with Gasteiger partial charge in [0.15, 0.2) is 9.84 Å². The lowest BCUT2D eigenvalue weighted by Gasteiger charge is -2.15. The fourth-order valence-corrected chi connectivity index (χ4v) is 4.15. The van der Waals surface area contributed by atoms with E-state index < -0.39 is 15.8 Å². The number of anilines is 1. The average molecular weight is 391 g/mol. The van der Waals surface area contributed by atoms with Crippen LogP contribution in [0.5, 0.6) is 5.75 Å². The second-order valence-corrected chi connectivity index (χ2v) is 8.32. The Morgan fingerprint density at radius 2 is 1.78 bits per heavy atom. The number of rotatable bonds is 9. The molecule has 0 aromatic heterocycles. The Labute approximate surface area is 160 Å². The van der Waals surface area contributed by atoms with Gasteiger partial charge in [0.1, 0.15) is 5.75 Å². The van der Waals surface area contributed by atoms with Crippen molar-refractivity contribution in [1.29, 1.82) is 0 Å². The number of hydrogen-bond donors (Lipinski definition) is 2. The van der Waals surface area contributed by atoms with Gasteiger partial charge in [0, 0.05) is 18.2 Å². The maximum atomic E-state index is 12.6. The number of ether oxygens (including phenoxy) is 1. The molecule has 6 nitrogen and oxygen atoms in total. The molecule has 2 N–H and O–H groups in total. The molecule has 0 saturated heterocycles. The summed E-state index contributed by atoms with van der Waals surface area (Å²) in [7, 11) is -2.06. The number of carbonyl (C=O) groups excluding carboxylic acids is 1. The van der Waals surface area contributed by atoms with Crippen LogP contribution in [-0.2, 0) is 21.2 Å². The number of para-hydroxylation sites is 1. The monoisotopic (exact) mass is 390 g/mol. The number of methoxy groups -OCH3 is 1. The van der Waals surface area contributed by atoms with E-state index in [1.807, 2.05) is 31.2 Å². The quantitative estimate of drug-likeness (QED) is 0.688. The molecular weight excluding hydrogens is 364 g/mol. The molecule has 0 spiro atoms. The van der Waals surface area contributed by atoms with Gasteiger partial charge in [-0.3, -0.25) is 4.79 Å². The lowest BCUT2D eigenvalue weighted by Crippen LogP contribution is -2.27. The smallest absolute Gasteiger partial charge is 0.228 e. The Balaban J connectivity index is 2.06. The van der Waals surface area contributed by atoms with E-state index in [0.29, 0.717) is 18.0 Å². The number of nitrogens with one attached hydrogen (secondary N) is 2. The molecule has 27 heavy (non-hydrogen) atoms. The minimum atomic E-state index is -3.57. The molecule has 0 radical (unpaired) electrons. The van der Waals surface area contributed by atoms with Crippen LogP contribution in [-0.4, -0.2) is 33.7 Å². The van der Waals surface area contributed by atoms with E-state index in [-0.39, 0.29) is 16.6 Å². The minimum Gasteiger partial charge on any atom is -0.497 e. The van der Waals surface area contributed by atoms with Crippen LogP contribution in [0.4, 0.5) is 5.69 Å². The molecule has 7 heteroatoms. The van der Waals surface area contributed by atoms with Crippen molar-refractivity contribution in [2.24, 2.45) is 5.92 Å². The van der Waals surface area contributed by atoms with Crippen molar-refractivity contribution in [3.63, 3.8) is 0 Å². The van der Waals surface area contributed by atoms with Crippen LogP contribution in [0, 0.1) is 5.92 Å². The number of amides is 1. The molecule has 0 fully saturated rings. The van der Waals surface area contributed by atoms with Gasteiger partial charge in [-0.1, -0.05) is 32.0 Å². The predicted molar refractivity (Wildman–Crippen MR) is 107 cm³/mol. The summed E-state index contributed by atoms with van der Waals surface area (Å²) < 4.78 is 30.2. The predicted octanol–water partition coefficient (Wildman–Crippen LogP) is 2.85. The fourth-order valence-electron chi connectivity index (χ4n) is 2.60. The first-order valence-electron chi connectivity index (χ1n) is 8.83. The van der Waals surface area contributed by atoms with Crippen molar-refractivity contribution >= 4 is 21.4 Å².